The Labute approximate surface area is 107 Å². The summed E-state index contributed by atoms with van der Waals surface area (Å²) in [6.07, 6.45) is 1.68. The Morgan fingerprint density at radius 2 is 2.06 bits per heavy atom. The molecule has 1 aromatic carbocycles. The van der Waals surface area contributed by atoms with Crippen molar-refractivity contribution in [2.75, 3.05) is 5.32 Å². The van der Waals surface area contributed by atoms with Crippen LogP contribution in [0.4, 0.5) is 11.5 Å². The first-order valence-corrected chi connectivity index (χ1v) is 5.93. The number of anilines is 2. The maximum absolute atomic E-state index is 9.01. The van der Waals surface area contributed by atoms with E-state index in [1.54, 1.807) is 18.3 Å². The number of nitrogens with one attached hydrogen (secondary N) is 1. The first-order chi connectivity index (χ1) is 8.70. The van der Waals surface area contributed by atoms with Crippen LogP contribution in [0.2, 0.25) is 0 Å². The maximum atomic E-state index is 9.01. The molecule has 0 bridgehead atoms. The van der Waals surface area contributed by atoms with Crippen molar-refractivity contribution in [3.05, 3.63) is 53.7 Å². The molecule has 1 heterocycles. The van der Waals surface area contributed by atoms with Gasteiger partial charge in [0.25, 0.3) is 0 Å². The SMILES string of the molecule is CC(C)c1cccc(Nc2ncccc2C#N)c1. The number of nitriles is 1. The van der Waals surface area contributed by atoms with Crippen molar-refractivity contribution in [3.63, 3.8) is 0 Å². The Morgan fingerprint density at radius 3 is 2.78 bits per heavy atom. The monoisotopic (exact) mass is 237 g/mol. The van der Waals surface area contributed by atoms with Gasteiger partial charge in [-0.05, 0) is 35.7 Å². The fourth-order valence-electron chi connectivity index (χ4n) is 1.71. The predicted octanol–water partition coefficient (Wildman–Crippen LogP) is 3.82. The van der Waals surface area contributed by atoms with Gasteiger partial charge in [-0.25, -0.2) is 4.98 Å². The van der Waals surface area contributed by atoms with E-state index < -0.39 is 0 Å². The van der Waals surface area contributed by atoms with Crippen LogP contribution in [-0.4, -0.2) is 4.98 Å². The Hall–Kier alpha value is -2.34. The second kappa shape index (κ2) is 5.33. The molecule has 3 nitrogen and oxygen atoms in total. The summed E-state index contributed by atoms with van der Waals surface area (Å²) in [7, 11) is 0. The molecule has 2 rings (SSSR count). The fraction of sp³-hybridized carbons (Fsp3) is 0.200. The van der Waals surface area contributed by atoms with Gasteiger partial charge in [0.2, 0.25) is 0 Å². The lowest BCUT2D eigenvalue weighted by Crippen LogP contribution is -1.97. The van der Waals surface area contributed by atoms with Gasteiger partial charge in [-0.15, -0.1) is 0 Å². The van der Waals surface area contributed by atoms with Crippen LogP contribution >= 0.6 is 0 Å². The van der Waals surface area contributed by atoms with E-state index in [-0.39, 0.29) is 0 Å². The second-order valence-electron chi connectivity index (χ2n) is 4.42. The summed E-state index contributed by atoms with van der Waals surface area (Å²) >= 11 is 0. The molecule has 0 atom stereocenters. The van der Waals surface area contributed by atoms with Crippen LogP contribution in [0.1, 0.15) is 30.9 Å². The summed E-state index contributed by atoms with van der Waals surface area (Å²) in [6.45, 7) is 4.31. The minimum absolute atomic E-state index is 0.478. The van der Waals surface area contributed by atoms with Crippen LogP contribution in [0.15, 0.2) is 42.6 Å². The molecule has 0 amide bonds. The van der Waals surface area contributed by atoms with Crippen molar-refractivity contribution in [3.8, 4) is 6.07 Å². The van der Waals surface area contributed by atoms with Crippen LogP contribution in [0.3, 0.4) is 0 Å². The standard InChI is InChI=1S/C15H15N3/c1-11(2)12-5-3-7-14(9-12)18-15-13(10-16)6-4-8-17-15/h3-9,11H,1-2H3,(H,17,18). The number of aromatic nitrogens is 1. The van der Waals surface area contributed by atoms with Gasteiger partial charge in [0.05, 0.1) is 5.56 Å². The fourth-order valence-corrected chi connectivity index (χ4v) is 1.71. The smallest absolute Gasteiger partial charge is 0.148 e. The topological polar surface area (TPSA) is 48.7 Å². The lowest BCUT2D eigenvalue weighted by molar-refractivity contribution is 0.867. The summed E-state index contributed by atoms with van der Waals surface area (Å²) < 4.78 is 0. The van der Waals surface area contributed by atoms with Crippen molar-refractivity contribution < 1.29 is 0 Å². The number of rotatable bonds is 3. The van der Waals surface area contributed by atoms with Gasteiger partial charge in [-0.3, -0.25) is 0 Å². The van der Waals surface area contributed by atoms with Gasteiger partial charge in [-0.1, -0.05) is 26.0 Å². The molecule has 2 aromatic rings. The highest BCUT2D eigenvalue weighted by molar-refractivity contribution is 5.62. The molecule has 0 aliphatic rings. The zero-order valence-electron chi connectivity index (χ0n) is 10.5. The molecule has 3 heteroatoms. The average molecular weight is 237 g/mol. The summed E-state index contributed by atoms with van der Waals surface area (Å²) in [5, 5.41) is 12.2. The van der Waals surface area contributed by atoms with Gasteiger partial charge in [0.1, 0.15) is 11.9 Å². The second-order valence-corrected chi connectivity index (χ2v) is 4.42. The summed E-state index contributed by atoms with van der Waals surface area (Å²) in [6, 6.07) is 13.8. The van der Waals surface area contributed by atoms with E-state index in [1.165, 1.54) is 5.56 Å². The largest absolute Gasteiger partial charge is 0.339 e. The van der Waals surface area contributed by atoms with Gasteiger partial charge in [-0.2, -0.15) is 5.26 Å². The summed E-state index contributed by atoms with van der Waals surface area (Å²) in [5.74, 6) is 1.08. The number of benzene rings is 1. The van der Waals surface area contributed by atoms with E-state index >= 15 is 0 Å². The molecule has 0 saturated carbocycles. The van der Waals surface area contributed by atoms with E-state index in [0.717, 1.165) is 5.69 Å². The van der Waals surface area contributed by atoms with Crippen molar-refractivity contribution in [1.82, 2.24) is 4.98 Å². The lowest BCUT2D eigenvalue weighted by Gasteiger charge is -2.10. The van der Waals surface area contributed by atoms with Crippen LogP contribution in [0.5, 0.6) is 0 Å². The molecule has 1 N–H and O–H groups in total. The molecule has 0 saturated heterocycles. The van der Waals surface area contributed by atoms with E-state index in [4.69, 9.17) is 5.26 Å². The van der Waals surface area contributed by atoms with Crippen LogP contribution in [-0.2, 0) is 0 Å². The highest BCUT2D eigenvalue weighted by Crippen LogP contribution is 2.22. The first kappa shape index (κ1) is 12.1. The maximum Gasteiger partial charge on any atom is 0.148 e. The van der Waals surface area contributed by atoms with Crippen LogP contribution < -0.4 is 5.32 Å². The van der Waals surface area contributed by atoms with Gasteiger partial charge >= 0.3 is 0 Å². The third-order valence-electron chi connectivity index (χ3n) is 2.74. The predicted molar refractivity (Wildman–Crippen MR) is 72.8 cm³/mol. The zero-order valence-corrected chi connectivity index (χ0v) is 10.5. The third-order valence-corrected chi connectivity index (χ3v) is 2.74. The Kier molecular flexibility index (Phi) is 3.59. The van der Waals surface area contributed by atoms with E-state index in [1.807, 2.05) is 12.1 Å². The molecule has 0 aliphatic carbocycles. The van der Waals surface area contributed by atoms with Crippen molar-refractivity contribution in [2.45, 2.75) is 19.8 Å². The normalized spacial score (nSPS) is 10.1. The Balaban J connectivity index is 2.29. The average Bonchev–Trinajstić information content (AvgIpc) is 2.39. The number of hydrogen-bond donors (Lipinski definition) is 1. The number of nitrogens with zero attached hydrogens (tertiary/aromatic N) is 2. The molecule has 0 unspecified atom stereocenters. The molecule has 1 aromatic heterocycles. The van der Waals surface area contributed by atoms with Crippen molar-refractivity contribution >= 4 is 11.5 Å². The highest BCUT2D eigenvalue weighted by atomic mass is 15.0. The van der Waals surface area contributed by atoms with E-state index in [0.29, 0.717) is 17.3 Å². The molecule has 18 heavy (non-hydrogen) atoms. The first-order valence-electron chi connectivity index (χ1n) is 5.93. The molecule has 0 aliphatic heterocycles. The quantitative estimate of drug-likeness (QED) is 0.882. The third kappa shape index (κ3) is 2.67. The van der Waals surface area contributed by atoms with Gasteiger partial charge in [0, 0.05) is 11.9 Å². The number of hydrogen-bond acceptors (Lipinski definition) is 3. The molecular formula is C15H15N3. The molecule has 0 spiro atoms. The van der Waals surface area contributed by atoms with E-state index in [2.05, 4.69) is 42.4 Å². The Morgan fingerprint density at radius 1 is 1.22 bits per heavy atom. The van der Waals surface area contributed by atoms with Crippen LogP contribution in [0.25, 0.3) is 0 Å². The molecule has 0 radical (unpaired) electrons. The number of pyridine rings is 1. The van der Waals surface area contributed by atoms with Crippen LogP contribution in [0, 0.1) is 11.3 Å². The Bertz CT molecular complexity index is 582. The zero-order chi connectivity index (χ0) is 13.0. The van der Waals surface area contributed by atoms with Gasteiger partial charge < -0.3 is 5.32 Å². The van der Waals surface area contributed by atoms with Gasteiger partial charge in [0.15, 0.2) is 0 Å². The van der Waals surface area contributed by atoms with Crippen molar-refractivity contribution in [1.29, 1.82) is 5.26 Å². The molecule has 0 fully saturated rings. The summed E-state index contributed by atoms with van der Waals surface area (Å²) in [4.78, 5) is 4.19. The van der Waals surface area contributed by atoms with E-state index in [9.17, 15) is 0 Å². The lowest BCUT2D eigenvalue weighted by atomic mass is 10.0. The minimum atomic E-state index is 0.478. The highest BCUT2D eigenvalue weighted by Gasteiger charge is 2.04. The minimum Gasteiger partial charge on any atom is -0.339 e. The molecule has 90 valence electrons. The molecular weight excluding hydrogens is 222 g/mol. The van der Waals surface area contributed by atoms with Crippen molar-refractivity contribution in [2.24, 2.45) is 0 Å². The summed E-state index contributed by atoms with van der Waals surface area (Å²) in [5.41, 5.74) is 2.76.